The van der Waals surface area contributed by atoms with E-state index in [1.54, 1.807) is 0 Å². The summed E-state index contributed by atoms with van der Waals surface area (Å²) in [5.74, 6) is 0.969. The smallest absolute Gasteiger partial charge is 0.124 e. The summed E-state index contributed by atoms with van der Waals surface area (Å²) in [5.41, 5.74) is 3.88. The fraction of sp³-hybridized carbons (Fsp3) is 0.368. The molecule has 2 atom stereocenters. The molecule has 2 aromatic rings. The van der Waals surface area contributed by atoms with E-state index in [0.717, 1.165) is 5.75 Å². The molecule has 0 amide bonds. The largest absolute Gasteiger partial charge is 0.494 e. The van der Waals surface area contributed by atoms with Crippen LogP contribution in [0.5, 0.6) is 5.75 Å². The summed E-state index contributed by atoms with van der Waals surface area (Å²) in [5, 5.41) is 3.67. The Balaban J connectivity index is 2.14. The monoisotopic (exact) mass is 283 g/mol. The van der Waals surface area contributed by atoms with Crippen LogP contribution in [0.25, 0.3) is 0 Å². The number of nitrogens with one attached hydrogen (secondary N) is 1. The first-order chi connectivity index (χ1) is 10.1. The van der Waals surface area contributed by atoms with Crippen molar-refractivity contribution in [3.8, 4) is 5.75 Å². The molecule has 0 fully saturated rings. The molecule has 0 aliphatic rings. The van der Waals surface area contributed by atoms with Crippen LogP contribution in [0.1, 0.15) is 49.5 Å². The van der Waals surface area contributed by atoms with Gasteiger partial charge in [0, 0.05) is 17.6 Å². The summed E-state index contributed by atoms with van der Waals surface area (Å²) >= 11 is 0. The summed E-state index contributed by atoms with van der Waals surface area (Å²) < 4.78 is 5.73. The molecule has 21 heavy (non-hydrogen) atoms. The average Bonchev–Trinajstić information content (AvgIpc) is 2.48. The number of aryl methyl sites for hydroxylation is 1. The van der Waals surface area contributed by atoms with Crippen molar-refractivity contribution in [2.24, 2.45) is 0 Å². The minimum atomic E-state index is 0.238. The van der Waals surface area contributed by atoms with Crippen LogP contribution in [0, 0.1) is 6.92 Å². The van der Waals surface area contributed by atoms with E-state index in [1.807, 2.05) is 19.1 Å². The number of ether oxygens (including phenoxy) is 1. The highest BCUT2D eigenvalue weighted by molar-refractivity contribution is 5.36. The van der Waals surface area contributed by atoms with Gasteiger partial charge in [0.1, 0.15) is 5.75 Å². The van der Waals surface area contributed by atoms with Gasteiger partial charge in [0.2, 0.25) is 0 Å². The number of benzene rings is 2. The van der Waals surface area contributed by atoms with Crippen LogP contribution >= 0.6 is 0 Å². The SMILES string of the molecule is CCOc1ccccc1C(C)N[C@@H](C)c1ccccc1C. The Morgan fingerprint density at radius 3 is 2.14 bits per heavy atom. The van der Waals surface area contributed by atoms with E-state index in [4.69, 9.17) is 4.74 Å². The Morgan fingerprint density at radius 1 is 0.905 bits per heavy atom. The molecule has 2 heteroatoms. The van der Waals surface area contributed by atoms with Crippen LogP contribution in [0.3, 0.4) is 0 Å². The van der Waals surface area contributed by atoms with E-state index in [-0.39, 0.29) is 6.04 Å². The molecular formula is C19H25NO. The lowest BCUT2D eigenvalue weighted by Gasteiger charge is -2.23. The molecule has 1 N–H and O–H groups in total. The second-order valence-corrected chi connectivity index (χ2v) is 5.44. The maximum atomic E-state index is 5.73. The molecule has 0 saturated carbocycles. The molecule has 2 nitrogen and oxygen atoms in total. The van der Waals surface area contributed by atoms with Crippen molar-refractivity contribution in [2.75, 3.05) is 6.61 Å². The van der Waals surface area contributed by atoms with Crippen LogP contribution in [0.2, 0.25) is 0 Å². The molecule has 1 unspecified atom stereocenters. The van der Waals surface area contributed by atoms with Crippen molar-refractivity contribution in [3.63, 3.8) is 0 Å². The predicted octanol–water partition coefficient (Wildman–Crippen LogP) is 4.81. The van der Waals surface area contributed by atoms with Gasteiger partial charge in [-0.25, -0.2) is 0 Å². The molecule has 0 heterocycles. The van der Waals surface area contributed by atoms with E-state index in [1.165, 1.54) is 16.7 Å². The van der Waals surface area contributed by atoms with Crippen molar-refractivity contribution in [3.05, 3.63) is 65.2 Å². The minimum Gasteiger partial charge on any atom is -0.494 e. The summed E-state index contributed by atoms with van der Waals surface area (Å²) in [6.07, 6.45) is 0. The predicted molar refractivity (Wildman–Crippen MR) is 88.8 cm³/mol. The third-order valence-corrected chi connectivity index (χ3v) is 3.84. The quantitative estimate of drug-likeness (QED) is 0.821. The zero-order valence-electron chi connectivity index (χ0n) is 13.4. The van der Waals surface area contributed by atoms with Gasteiger partial charge in [-0.15, -0.1) is 0 Å². The number of hydrogen-bond acceptors (Lipinski definition) is 2. The Hall–Kier alpha value is -1.80. The number of para-hydroxylation sites is 1. The summed E-state index contributed by atoms with van der Waals surface area (Å²) in [6.45, 7) is 9.27. The Kier molecular flexibility index (Phi) is 5.40. The molecule has 0 radical (unpaired) electrons. The van der Waals surface area contributed by atoms with Crippen molar-refractivity contribution in [1.82, 2.24) is 5.32 Å². The molecule has 0 aromatic heterocycles. The fourth-order valence-corrected chi connectivity index (χ4v) is 2.75. The average molecular weight is 283 g/mol. The lowest BCUT2D eigenvalue weighted by atomic mass is 10.00. The molecule has 0 spiro atoms. The highest BCUT2D eigenvalue weighted by Crippen LogP contribution is 2.27. The van der Waals surface area contributed by atoms with Gasteiger partial charge < -0.3 is 10.1 Å². The first-order valence-corrected chi connectivity index (χ1v) is 7.66. The standard InChI is InChI=1S/C19H25NO/c1-5-21-19-13-9-8-12-18(19)16(4)20-15(3)17-11-7-6-10-14(17)2/h6-13,15-16,20H,5H2,1-4H3/t15-,16?/m0/s1. The number of rotatable bonds is 6. The van der Waals surface area contributed by atoms with Gasteiger partial charge in [-0.1, -0.05) is 42.5 Å². The summed E-state index contributed by atoms with van der Waals surface area (Å²) in [7, 11) is 0. The van der Waals surface area contributed by atoms with Gasteiger partial charge >= 0.3 is 0 Å². The minimum absolute atomic E-state index is 0.238. The highest BCUT2D eigenvalue weighted by Gasteiger charge is 2.15. The van der Waals surface area contributed by atoms with Crippen molar-refractivity contribution in [2.45, 2.75) is 39.8 Å². The van der Waals surface area contributed by atoms with Crippen molar-refractivity contribution < 1.29 is 4.74 Å². The van der Waals surface area contributed by atoms with Crippen LogP contribution in [-0.2, 0) is 0 Å². The van der Waals surface area contributed by atoms with E-state index >= 15 is 0 Å². The first kappa shape index (κ1) is 15.6. The van der Waals surface area contributed by atoms with Gasteiger partial charge in [0.25, 0.3) is 0 Å². The third-order valence-electron chi connectivity index (χ3n) is 3.84. The Labute approximate surface area is 128 Å². The number of hydrogen-bond donors (Lipinski definition) is 1. The zero-order chi connectivity index (χ0) is 15.2. The third kappa shape index (κ3) is 3.85. The molecule has 2 rings (SSSR count). The van der Waals surface area contributed by atoms with Gasteiger partial charge in [-0.05, 0) is 44.9 Å². The van der Waals surface area contributed by atoms with Crippen LogP contribution in [0.4, 0.5) is 0 Å². The summed E-state index contributed by atoms with van der Waals surface area (Å²) in [4.78, 5) is 0. The summed E-state index contributed by atoms with van der Waals surface area (Å²) in [6, 6.07) is 17.3. The lowest BCUT2D eigenvalue weighted by molar-refractivity contribution is 0.331. The van der Waals surface area contributed by atoms with Crippen LogP contribution in [0.15, 0.2) is 48.5 Å². The topological polar surface area (TPSA) is 21.3 Å². The maximum absolute atomic E-state index is 5.73. The van der Waals surface area contributed by atoms with E-state index in [0.29, 0.717) is 12.6 Å². The zero-order valence-corrected chi connectivity index (χ0v) is 13.4. The second-order valence-electron chi connectivity index (χ2n) is 5.44. The van der Waals surface area contributed by atoms with Gasteiger partial charge in [-0.2, -0.15) is 0 Å². The normalized spacial score (nSPS) is 13.7. The first-order valence-electron chi connectivity index (χ1n) is 7.66. The van der Waals surface area contributed by atoms with E-state index in [9.17, 15) is 0 Å². The van der Waals surface area contributed by atoms with Crippen LogP contribution in [-0.4, -0.2) is 6.61 Å². The molecular weight excluding hydrogens is 258 g/mol. The lowest BCUT2D eigenvalue weighted by Crippen LogP contribution is -2.23. The van der Waals surface area contributed by atoms with E-state index in [2.05, 4.69) is 62.5 Å². The van der Waals surface area contributed by atoms with Crippen molar-refractivity contribution in [1.29, 1.82) is 0 Å². The maximum Gasteiger partial charge on any atom is 0.124 e. The van der Waals surface area contributed by atoms with E-state index < -0.39 is 0 Å². The molecule has 0 aliphatic heterocycles. The molecule has 0 aliphatic carbocycles. The molecule has 112 valence electrons. The molecule has 2 aromatic carbocycles. The highest BCUT2D eigenvalue weighted by atomic mass is 16.5. The van der Waals surface area contributed by atoms with Gasteiger partial charge in [0.15, 0.2) is 0 Å². The van der Waals surface area contributed by atoms with Gasteiger partial charge in [-0.3, -0.25) is 0 Å². The Bertz CT molecular complexity index is 579. The Morgan fingerprint density at radius 2 is 1.48 bits per heavy atom. The second kappa shape index (κ2) is 7.28. The molecule has 0 bridgehead atoms. The fourth-order valence-electron chi connectivity index (χ4n) is 2.75. The van der Waals surface area contributed by atoms with Crippen molar-refractivity contribution >= 4 is 0 Å². The van der Waals surface area contributed by atoms with Gasteiger partial charge in [0.05, 0.1) is 6.61 Å². The van der Waals surface area contributed by atoms with Crippen LogP contribution < -0.4 is 10.1 Å². The molecule has 0 saturated heterocycles.